The highest BCUT2D eigenvalue weighted by molar-refractivity contribution is 5.81. The Morgan fingerprint density at radius 3 is 2.88 bits per heavy atom. The predicted octanol–water partition coefficient (Wildman–Crippen LogP) is -1.08. The zero-order chi connectivity index (χ0) is 11.5. The van der Waals surface area contributed by atoms with Crippen LogP contribution in [0.15, 0.2) is 0 Å². The van der Waals surface area contributed by atoms with Crippen molar-refractivity contribution in [3.8, 4) is 0 Å². The lowest BCUT2D eigenvalue weighted by Gasteiger charge is -2.39. The molecule has 5 nitrogen and oxygen atoms in total. The first-order valence-corrected chi connectivity index (χ1v) is 6.10. The minimum Gasteiger partial charge on any atom is -0.390 e. The van der Waals surface area contributed by atoms with Gasteiger partial charge in [0.25, 0.3) is 0 Å². The summed E-state index contributed by atoms with van der Waals surface area (Å²) in [5.41, 5.74) is 0. The summed E-state index contributed by atoms with van der Waals surface area (Å²) in [6.07, 6.45) is 2.79. The molecule has 2 aliphatic heterocycles. The average molecular weight is 227 g/mol. The van der Waals surface area contributed by atoms with Crippen LogP contribution in [-0.2, 0) is 4.79 Å². The normalized spacial score (nSPS) is 36.2. The number of nitrogens with one attached hydrogen (secondary N) is 2. The minimum atomic E-state index is -0.342. The summed E-state index contributed by atoms with van der Waals surface area (Å²) in [6.45, 7) is 2.35. The highest BCUT2D eigenvalue weighted by atomic mass is 16.3. The van der Waals surface area contributed by atoms with Crippen LogP contribution in [-0.4, -0.2) is 60.8 Å². The van der Waals surface area contributed by atoms with Crippen LogP contribution in [0.3, 0.4) is 0 Å². The first-order chi connectivity index (χ1) is 7.74. The van der Waals surface area contributed by atoms with E-state index in [1.807, 2.05) is 0 Å². The Morgan fingerprint density at radius 2 is 2.25 bits per heavy atom. The molecule has 2 aliphatic rings. The highest BCUT2D eigenvalue weighted by Crippen LogP contribution is 2.22. The van der Waals surface area contributed by atoms with E-state index >= 15 is 0 Å². The fourth-order valence-corrected chi connectivity index (χ4v) is 2.79. The van der Waals surface area contributed by atoms with E-state index in [1.165, 1.54) is 0 Å². The third-order valence-corrected chi connectivity index (χ3v) is 3.67. The van der Waals surface area contributed by atoms with Crippen LogP contribution >= 0.6 is 0 Å². The van der Waals surface area contributed by atoms with Gasteiger partial charge < -0.3 is 15.7 Å². The molecule has 2 saturated heterocycles. The lowest BCUT2D eigenvalue weighted by atomic mass is 9.98. The fourth-order valence-electron chi connectivity index (χ4n) is 2.79. The number of likely N-dealkylation sites (N-methyl/N-ethyl adjacent to an activating group) is 1. The maximum atomic E-state index is 11.8. The van der Waals surface area contributed by atoms with Crippen molar-refractivity contribution in [3.63, 3.8) is 0 Å². The van der Waals surface area contributed by atoms with Crippen LogP contribution in [0.4, 0.5) is 0 Å². The second-order valence-electron chi connectivity index (χ2n) is 4.66. The Bertz CT molecular complexity index is 260. The van der Waals surface area contributed by atoms with Crippen molar-refractivity contribution in [2.75, 3.05) is 26.7 Å². The van der Waals surface area contributed by atoms with Crippen LogP contribution in [0, 0.1) is 0 Å². The largest absolute Gasteiger partial charge is 0.390 e. The summed E-state index contributed by atoms with van der Waals surface area (Å²) in [5, 5.41) is 15.8. The number of nitrogens with zero attached hydrogens (tertiary/aromatic N) is 1. The number of hydrogen-bond acceptors (Lipinski definition) is 4. The van der Waals surface area contributed by atoms with Crippen molar-refractivity contribution >= 4 is 5.91 Å². The van der Waals surface area contributed by atoms with E-state index in [9.17, 15) is 9.90 Å². The number of amides is 1. The van der Waals surface area contributed by atoms with Crippen molar-refractivity contribution in [1.29, 1.82) is 0 Å². The molecule has 0 bridgehead atoms. The number of aliphatic hydroxyl groups excluding tert-OH is 1. The molecule has 2 rings (SSSR count). The maximum Gasteiger partial charge on any atom is 0.237 e. The van der Waals surface area contributed by atoms with Gasteiger partial charge in [0.2, 0.25) is 5.91 Å². The summed E-state index contributed by atoms with van der Waals surface area (Å²) >= 11 is 0. The molecule has 2 heterocycles. The summed E-state index contributed by atoms with van der Waals surface area (Å²) in [5.74, 6) is 0.0822. The van der Waals surface area contributed by atoms with Gasteiger partial charge in [0.15, 0.2) is 0 Å². The molecule has 0 saturated carbocycles. The first kappa shape index (κ1) is 11.8. The number of likely N-dealkylation sites (tertiary alicyclic amines) is 1. The van der Waals surface area contributed by atoms with E-state index in [0.717, 1.165) is 32.4 Å². The van der Waals surface area contributed by atoms with E-state index in [0.29, 0.717) is 6.54 Å². The van der Waals surface area contributed by atoms with E-state index in [2.05, 4.69) is 15.5 Å². The zero-order valence-electron chi connectivity index (χ0n) is 9.78. The molecule has 0 aliphatic carbocycles. The summed E-state index contributed by atoms with van der Waals surface area (Å²) in [6, 6.07) is 0.0425. The number of carbonyl (C=O) groups is 1. The Morgan fingerprint density at radius 1 is 1.44 bits per heavy atom. The number of β-amino-alcohol motifs (C(OH)–C–C–N with tert-alkyl or cyclic N) is 1. The van der Waals surface area contributed by atoms with Crippen LogP contribution in [0.1, 0.15) is 19.3 Å². The molecule has 3 unspecified atom stereocenters. The summed E-state index contributed by atoms with van der Waals surface area (Å²) in [7, 11) is 1.68. The summed E-state index contributed by atoms with van der Waals surface area (Å²) < 4.78 is 0. The molecule has 0 aromatic carbocycles. The van der Waals surface area contributed by atoms with Gasteiger partial charge in [0.1, 0.15) is 0 Å². The van der Waals surface area contributed by atoms with Gasteiger partial charge in [-0.15, -0.1) is 0 Å². The predicted molar refractivity (Wildman–Crippen MR) is 61.1 cm³/mol. The van der Waals surface area contributed by atoms with Crippen molar-refractivity contribution in [2.45, 2.75) is 37.5 Å². The molecule has 92 valence electrons. The third kappa shape index (κ3) is 2.21. The standard InChI is InChI=1S/C11H21N3O2/c1-12-11(16)8-4-2-3-5-14(8)9-6-13-7-10(9)15/h8-10,13,15H,2-7H2,1H3,(H,12,16). The quantitative estimate of drug-likeness (QED) is 0.561. The van der Waals surface area contributed by atoms with E-state index in [-0.39, 0.29) is 24.1 Å². The second kappa shape index (κ2) is 5.12. The Hall–Kier alpha value is -0.650. The number of piperidine rings is 1. The van der Waals surface area contributed by atoms with Crippen molar-refractivity contribution in [1.82, 2.24) is 15.5 Å². The average Bonchev–Trinajstić information content (AvgIpc) is 2.74. The van der Waals surface area contributed by atoms with Crippen molar-refractivity contribution < 1.29 is 9.90 Å². The van der Waals surface area contributed by atoms with Gasteiger partial charge >= 0.3 is 0 Å². The van der Waals surface area contributed by atoms with E-state index < -0.39 is 0 Å². The van der Waals surface area contributed by atoms with Crippen LogP contribution in [0.2, 0.25) is 0 Å². The molecule has 3 atom stereocenters. The first-order valence-electron chi connectivity index (χ1n) is 6.10. The number of carbonyl (C=O) groups excluding carboxylic acids is 1. The highest BCUT2D eigenvalue weighted by Gasteiger charge is 2.38. The van der Waals surface area contributed by atoms with Gasteiger partial charge in [-0.05, 0) is 19.4 Å². The molecule has 2 fully saturated rings. The molecular weight excluding hydrogens is 206 g/mol. The molecule has 1 amide bonds. The van der Waals surface area contributed by atoms with Crippen molar-refractivity contribution in [3.05, 3.63) is 0 Å². The molecule has 16 heavy (non-hydrogen) atoms. The monoisotopic (exact) mass is 227 g/mol. The minimum absolute atomic E-state index is 0.0571. The van der Waals surface area contributed by atoms with Gasteiger partial charge in [-0.1, -0.05) is 6.42 Å². The molecule has 3 N–H and O–H groups in total. The van der Waals surface area contributed by atoms with Crippen LogP contribution in [0.5, 0.6) is 0 Å². The number of aliphatic hydroxyl groups is 1. The third-order valence-electron chi connectivity index (χ3n) is 3.67. The molecule has 0 aromatic rings. The van der Waals surface area contributed by atoms with E-state index in [1.54, 1.807) is 7.05 Å². The molecule has 5 heteroatoms. The van der Waals surface area contributed by atoms with Gasteiger partial charge in [-0.2, -0.15) is 0 Å². The number of hydrogen-bond donors (Lipinski definition) is 3. The lowest BCUT2D eigenvalue weighted by molar-refractivity contribution is -0.129. The van der Waals surface area contributed by atoms with Crippen molar-refractivity contribution in [2.24, 2.45) is 0 Å². The van der Waals surface area contributed by atoms with Gasteiger partial charge in [0.05, 0.1) is 18.2 Å². The maximum absolute atomic E-state index is 11.8. The molecule has 0 radical (unpaired) electrons. The van der Waals surface area contributed by atoms with Gasteiger partial charge in [-0.3, -0.25) is 9.69 Å². The van der Waals surface area contributed by atoms with Crippen LogP contribution < -0.4 is 10.6 Å². The Balaban J connectivity index is 2.06. The Labute approximate surface area is 96.2 Å². The molecule has 0 aromatic heterocycles. The second-order valence-corrected chi connectivity index (χ2v) is 4.66. The molecular formula is C11H21N3O2. The fraction of sp³-hybridized carbons (Fsp3) is 0.909. The van der Waals surface area contributed by atoms with E-state index in [4.69, 9.17) is 0 Å². The SMILES string of the molecule is CNC(=O)C1CCCCN1C1CNCC1O. The molecule has 0 spiro atoms. The number of rotatable bonds is 2. The topological polar surface area (TPSA) is 64.6 Å². The van der Waals surface area contributed by atoms with Gasteiger partial charge in [0, 0.05) is 20.1 Å². The zero-order valence-corrected chi connectivity index (χ0v) is 9.78. The van der Waals surface area contributed by atoms with Crippen LogP contribution in [0.25, 0.3) is 0 Å². The Kier molecular flexibility index (Phi) is 3.78. The van der Waals surface area contributed by atoms with Gasteiger partial charge in [-0.25, -0.2) is 0 Å². The smallest absolute Gasteiger partial charge is 0.237 e. The lowest BCUT2D eigenvalue weighted by Crippen LogP contribution is -2.56. The summed E-state index contributed by atoms with van der Waals surface area (Å²) in [4.78, 5) is 14.0.